The molecule has 0 saturated carbocycles. The number of benzene rings is 1. The second kappa shape index (κ2) is 7.18. The SMILES string of the molecule is COc1cccc(OCc2nn3c(CSC(C)C)nnc3s2)c1. The Bertz CT molecular complexity index is 785. The molecule has 23 heavy (non-hydrogen) atoms. The van der Waals surface area contributed by atoms with E-state index in [1.807, 2.05) is 40.5 Å². The monoisotopic (exact) mass is 350 g/mol. The summed E-state index contributed by atoms with van der Waals surface area (Å²) < 4.78 is 12.8. The Morgan fingerprint density at radius 3 is 2.87 bits per heavy atom. The first-order valence-electron chi connectivity index (χ1n) is 7.24. The van der Waals surface area contributed by atoms with Crippen LogP contribution in [0.15, 0.2) is 24.3 Å². The van der Waals surface area contributed by atoms with Gasteiger partial charge in [-0.15, -0.1) is 10.2 Å². The lowest BCUT2D eigenvalue weighted by atomic mass is 10.3. The smallest absolute Gasteiger partial charge is 0.234 e. The number of rotatable bonds is 7. The molecule has 0 N–H and O–H groups in total. The number of ether oxygens (including phenoxy) is 2. The van der Waals surface area contributed by atoms with Crippen LogP contribution in [0.5, 0.6) is 11.5 Å². The van der Waals surface area contributed by atoms with E-state index in [2.05, 4.69) is 29.1 Å². The van der Waals surface area contributed by atoms with E-state index >= 15 is 0 Å². The minimum absolute atomic E-state index is 0.401. The molecule has 0 aliphatic carbocycles. The minimum Gasteiger partial charge on any atom is -0.497 e. The molecule has 2 aromatic heterocycles. The van der Waals surface area contributed by atoms with E-state index in [0.29, 0.717) is 11.9 Å². The fraction of sp³-hybridized carbons (Fsp3) is 0.400. The number of aromatic nitrogens is 4. The maximum absolute atomic E-state index is 5.77. The first-order valence-corrected chi connectivity index (χ1v) is 9.10. The predicted molar refractivity (Wildman–Crippen MR) is 92.4 cm³/mol. The van der Waals surface area contributed by atoms with Crippen molar-refractivity contribution < 1.29 is 9.47 Å². The number of thioether (sulfide) groups is 1. The molecule has 0 saturated heterocycles. The van der Waals surface area contributed by atoms with Crippen molar-refractivity contribution in [1.82, 2.24) is 19.8 Å². The second-order valence-electron chi connectivity index (χ2n) is 5.13. The molecule has 0 unspecified atom stereocenters. The van der Waals surface area contributed by atoms with Crippen molar-refractivity contribution in [2.24, 2.45) is 0 Å². The van der Waals surface area contributed by atoms with E-state index in [1.165, 1.54) is 11.3 Å². The van der Waals surface area contributed by atoms with Gasteiger partial charge in [-0.1, -0.05) is 31.3 Å². The third-order valence-corrected chi connectivity index (χ3v) is 5.01. The van der Waals surface area contributed by atoms with Gasteiger partial charge in [-0.2, -0.15) is 21.4 Å². The fourth-order valence-electron chi connectivity index (χ4n) is 1.92. The van der Waals surface area contributed by atoms with Gasteiger partial charge < -0.3 is 9.47 Å². The van der Waals surface area contributed by atoms with E-state index in [4.69, 9.17) is 9.47 Å². The Kier molecular flexibility index (Phi) is 5.02. The van der Waals surface area contributed by atoms with E-state index in [1.54, 1.807) is 7.11 Å². The van der Waals surface area contributed by atoms with Crippen molar-refractivity contribution in [2.75, 3.05) is 7.11 Å². The number of hydrogen-bond donors (Lipinski definition) is 0. The van der Waals surface area contributed by atoms with Crippen LogP contribution in [0.4, 0.5) is 0 Å². The van der Waals surface area contributed by atoms with Crippen molar-refractivity contribution in [3.8, 4) is 11.5 Å². The van der Waals surface area contributed by atoms with Crippen LogP contribution in [-0.2, 0) is 12.4 Å². The lowest BCUT2D eigenvalue weighted by Crippen LogP contribution is -2.00. The van der Waals surface area contributed by atoms with Crippen LogP contribution in [0.1, 0.15) is 24.7 Å². The summed E-state index contributed by atoms with van der Waals surface area (Å²) >= 11 is 3.32. The van der Waals surface area contributed by atoms with Crippen LogP contribution in [0, 0.1) is 0 Å². The average Bonchev–Trinajstić information content (AvgIpc) is 3.11. The molecular formula is C15H18N4O2S2. The molecule has 122 valence electrons. The highest BCUT2D eigenvalue weighted by Crippen LogP contribution is 2.22. The summed E-state index contributed by atoms with van der Waals surface area (Å²) in [4.78, 5) is 0.800. The molecule has 0 amide bonds. The van der Waals surface area contributed by atoms with Crippen molar-refractivity contribution in [3.05, 3.63) is 35.1 Å². The van der Waals surface area contributed by atoms with Crippen LogP contribution in [0.25, 0.3) is 4.96 Å². The molecule has 0 spiro atoms. The van der Waals surface area contributed by atoms with Crippen LogP contribution in [-0.4, -0.2) is 32.2 Å². The molecule has 1 aromatic carbocycles. The molecule has 0 aliphatic heterocycles. The van der Waals surface area contributed by atoms with E-state index in [9.17, 15) is 0 Å². The van der Waals surface area contributed by atoms with Gasteiger partial charge in [0.15, 0.2) is 10.8 Å². The number of methoxy groups -OCH3 is 1. The standard InChI is InChI=1S/C15H18N4O2S2/c1-10(2)22-9-13-16-17-15-19(13)18-14(23-15)8-21-12-6-4-5-11(7-12)20-3/h4-7,10H,8-9H2,1-3H3. The summed E-state index contributed by atoms with van der Waals surface area (Å²) in [6, 6.07) is 7.53. The molecule has 6 nitrogen and oxygen atoms in total. The zero-order valence-corrected chi connectivity index (χ0v) is 14.9. The summed E-state index contributed by atoms with van der Waals surface area (Å²) in [5, 5.41) is 14.3. The normalized spacial score (nSPS) is 11.3. The van der Waals surface area contributed by atoms with Crippen molar-refractivity contribution >= 4 is 28.1 Å². The van der Waals surface area contributed by atoms with Gasteiger partial charge >= 0.3 is 0 Å². The van der Waals surface area contributed by atoms with Crippen LogP contribution < -0.4 is 9.47 Å². The van der Waals surface area contributed by atoms with Crippen LogP contribution in [0.2, 0.25) is 0 Å². The van der Waals surface area contributed by atoms with E-state index < -0.39 is 0 Å². The first kappa shape index (κ1) is 16.1. The first-order chi connectivity index (χ1) is 11.2. The maximum atomic E-state index is 5.77. The lowest BCUT2D eigenvalue weighted by molar-refractivity contribution is 0.301. The topological polar surface area (TPSA) is 61.5 Å². The highest BCUT2D eigenvalue weighted by atomic mass is 32.2. The Hall–Kier alpha value is -1.80. The number of nitrogens with zero attached hydrogens (tertiary/aromatic N) is 4. The van der Waals surface area contributed by atoms with Gasteiger partial charge in [-0.05, 0) is 17.4 Å². The summed E-state index contributed by atoms with van der Waals surface area (Å²) in [6.45, 7) is 4.73. The molecule has 2 heterocycles. The molecule has 0 atom stereocenters. The summed E-state index contributed by atoms with van der Waals surface area (Å²) in [7, 11) is 1.64. The van der Waals surface area contributed by atoms with Gasteiger partial charge in [0.2, 0.25) is 4.96 Å². The molecule has 0 fully saturated rings. The number of fused-ring (bicyclic) bond motifs is 1. The highest BCUT2D eigenvalue weighted by Gasteiger charge is 2.12. The van der Waals surface area contributed by atoms with Gasteiger partial charge in [0.05, 0.1) is 12.9 Å². The second-order valence-corrected chi connectivity index (χ2v) is 7.74. The Balaban J connectivity index is 1.68. The predicted octanol–water partition coefficient (Wildman–Crippen LogP) is 3.42. The third-order valence-electron chi connectivity index (χ3n) is 3.05. The van der Waals surface area contributed by atoms with Crippen LogP contribution >= 0.6 is 23.1 Å². The van der Waals surface area contributed by atoms with Gasteiger partial charge in [0.1, 0.15) is 18.1 Å². The highest BCUT2D eigenvalue weighted by molar-refractivity contribution is 7.99. The molecule has 3 aromatic rings. The number of hydrogen-bond acceptors (Lipinski definition) is 7. The summed E-state index contributed by atoms with van der Waals surface area (Å²) in [6.07, 6.45) is 0. The van der Waals surface area contributed by atoms with E-state index in [-0.39, 0.29) is 0 Å². The van der Waals surface area contributed by atoms with Gasteiger partial charge in [-0.25, -0.2) is 0 Å². The van der Waals surface area contributed by atoms with Crippen molar-refractivity contribution in [3.63, 3.8) is 0 Å². The molecular weight excluding hydrogens is 332 g/mol. The summed E-state index contributed by atoms with van der Waals surface area (Å²) in [5.41, 5.74) is 0. The minimum atomic E-state index is 0.401. The molecule has 3 rings (SSSR count). The van der Waals surface area contributed by atoms with Crippen molar-refractivity contribution in [1.29, 1.82) is 0 Å². The van der Waals surface area contributed by atoms with Crippen LogP contribution in [0.3, 0.4) is 0 Å². The molecule has 0 bridgehead atoms. The zero-order valence-electron chi connectivity index (χ0n) is 13.2. The fourth-order valence-corrected chi connectivity index (χ4v) is 3.35. The average molecular weight is 350 g/mol. The maximum Gasteiger partial charge on any atom is 0.234 e. The largest absolute Gasteiger partial charge is 0.497 e. The Morgan fingerprint density at radius 1 is 1.26 bits per heavy atom. The lowest BCUT2D eigenvalue weighted by Gasteiger charge is -2.05. The molecule has 0 aliphatic rings. The van der Waals surface area contributed by atoms with Gasteiger partial charge in [0.25, 0.3) is 0 Å². The summed E-state index contributed by atoms with van der Waals surface area (Å²) in [5.74, 6) is 3.21. The third kappa shape index (κ3) is 3.94. The van der Waals surface area contributed by atoms with Gasteiger partial charge in [0, 0.05) is 6.07 Å². The van der Waals surface area contributed by atoms with Crippen molar-refractivity contribution in [2.45, 2.75) is 31.5 Å². The molecule has 8 heteroatoms. The Morgan fingerprint density at radius 2 is 2.09 bits per heavy atom. The molecule has 0 radical (unpaired) electrons. The Labute approximate surface area is 142 Å². The quantitative estimate of drug-likeness (QED) is 0.651. The van der Waals surface area contributed by atoms with Gasteiger partial charge in [-0.3, -0.25) is 0 Å². The van der Waals surface area contributed by atoms with E-state index in [0.717, 1.165) is 33.0 Å². The zero-order chi connectivity index (χ0) is 16.2.